The molecule has 144 valence electrons. The van der Waals surface area contributed by atoms with E-state index < -0.39 is 0 Å². The van der Waals surface area contributed by atoms with Crippen molar-refractivity contribution in [1.29, 1.82) is 0 Å². The van der Waals surface area contributed by atoms with Crippen molar-refractivity contribution in [2.45, 2.75) is 19.3 Å². The molecule has 0 aromatic heterocycles. The highest BCUT2D eigenvalue weighted by atomic mass is 19.1. The summed E-state index contributed by atoms with van der Waals surface area (Å²) in [4.78, 5) is 14.6. The van der Waals surface area contributed by atoms with Gasteiger partial charge in [0.2, 0.25) is 0 Å². The largest absolute Gasteiger partial charge is 0.396 e. The number of rotatable bonds is 7. The van der Waals surface area contributed by atoms with Gasteiger partial charge in [-0.2, -0.15) is 0 Å². The van der Waals surface area contributed by atoms with Gasteiger partial charge >= 0.3 is 0 Å². The first-order valence-corrected chi connectivity index (χ1v) is 9.63. The van der Waals surface area contributed by atoms with E-state index >= 15 is 0 Å². The molecule has 1 amide bonds. The van der Waals surface area contributed by atoms with E-state index in [1.54, 1.807) is 18.2 Å². The van der Waals surface area contributed by atoms with Gasteiger partial charge in [0, 0.05) is 25.3 Å². The minimum absolute atomic E-state index is 0.0901. The van der Waals surface area contributed by atoms with E-state index in [1.165, 1.54) is 12.1 Å². The number of amides is 1. The molecule has 1 aliphatic heterocycles. The van der Waals surface area contributed by atoms with Gasteiger partial charge in [-0.1, -0.05) is 24.3 Å². The molecule has 2 aromatic rings. The molecule has 1 fully saturated rings. The fourth-order valence-electron chi connectivity index (χ4n) is 3.59. The lowest BCUT2D eigenvalue weighted by atomic mass is 9.99. The van der Waals surface area contributed by atoms with Crippen LogP contribution in [0.3, 0.4) is 0 Å². The molecular formula is C22H27FN2O2. The predicted octanol–water partition coefficient (Wildman–Crippen LogP) is 3.32. The summed E-state index contributed by atoms with van der Waals surface area (Å²) in [6, 6.07) is 13.6. The second-order valence-electron chi connectivity index (χ2n) is 7.19. The van der Waals surface area contributed by atoms with E-state index in [0.29, 0.717) is 18.0 Å². The maximum Gasteiger partial charge on any atom is 0.251 e. The first-order valence-electron chi connectivity index (χ1n) is 9.63. The second-order valence-corrected chi connectivity index (χ2v) is 7.19. The van der Waals surface area contributed by atoms with E-state index in [2.05, 4.69) is 10.2 Å². The highest BCUT2D eigenvalue weighted by Gasteiger charge is 2.18. The predicted molar refractivity (Wildman–Crippen MR) is 105 cm³/mol. The summed E-state index contributed by atoms with van der Waals surface area (Å²) in [5.74, 6) is 0.0333. The summed E-state index contributed by atoms with van der Waals surface area (Å²) in [6.07, 6.45) is 3.13. The Morgan fingerprint density at radius 1 is 1.19 bits per heavy atom. The van der Waals surface area contributed by atoms with Crippen LogP contribution in [0.5, 0.6) is 0 Å². The lowest BCUT2D eigenvalue weighted by Gasteiger charge is -2.31. The van der Waals surface area contributed by atoms with Crippen molar-refractivity contribution in [1.82, 2.24) is 10.2 Å². The van der Waals surface area contributed by atoms with Crippen LogP contribution in [-0.2, 0) is 0 Å². The monoisotopic (exact) mass is 370 g/mol. The molecule has 1 saturated heterocycles. The zero-order valence-electron chi connectivity index (χ0n) is 15.5. The van der Waals surface area contributed by atoms with Crippen molar-refractivity contribution in [3.8, 4) is 11.1 Å². The third-order valence-electron chi connectivity index (χ3n) is 5.10. The van der Waals surface area contributed by atoms with Gasteiger partial charge in [-0.05, 0) is 73.7 Å². The number of carbonyl (C=O) groups excluding carboxylic acids is 1. The number of aliphatic hydroxyl groups excluding tert-OH is 1. The molecule has 1 aliphatic rings. The molecule has 0 bridgehead atoms. The fraction of sp³-hybridized carbons (Fsp3) is 0.409. The van der Waals surface area contributed by atoms with E-state index in [9.17, 15) is 14.3 Å². The Balaban J connectivity index is 1.44. The van der Waals surface area contributed by atoms with Crippen molar-refractivity contribution in [2.75, 3.05) is 32.8 Å². The highest BCUT2D eigenvalue weighted by molar-refractivity contribution is 5.94. The summed E-state index contributed by atoms with van der Waals surface area (Å²) in [5.41, 5.74) is 2.28. The number of halogens is 1. The average molecular weight is 370 g/mol. The first kappa shape index (κ1) is 19.5. The zero-order chi connectivity index (χ0) is 19.1. The summed E-state index contributed by atoms with van der Waals surface area (Å²) in [7, 11) is 0. The van der Waals surface area contributed by atoms with Crippen molar-refractivity contribution in [3.63, 3.8) is 0 Å². The maximum absolute atomic E-state index is 13.3. The maximum atomic E-state index is 13.3. The van der Waals surface area contributed by atoms with Crippen LogP contribution in [0.4, 0.5) is 4.39 Å². The molecule has 0 saturated carbocycles. The van der Waals surface area contributed by atoms with Gasteiger partial charge in [-0.3, -0.25) is 4.79 Å². The van der Waals surface area contributed by atoms with Crippen LogP contribution in [0.25, 0.3) is 11.1 Å². The van der Waals surface area contributed by atoms with Crippen molar-refractivity contribution < 1.29 is 14.3 Å². The van der Waals surface area contributed by atoms with Gasteiger partial charge in [0.05, 0.1) is 0 Å². The van der Waals surface area contributed by atoms with E-state index in [1.807, 2.05) is 18.2 Å². The standard InChI is InChI=1S/C22H27FN2O2/c23-21-6-1-5-20(14-21)18-7-9-19(10-8-18)22(27)24-11-3-13-25-12-2-4-17(15-25)16-26/h1,5-10,14,17,26H,2-4,11-13,15-16H2,(H,24,27). The van der Waals surface area contributed by atoms with Gasteiger partial charge in [0.25, 0.3) is 5.91 Å². The minimum atomic E-state index is -0.270. The molecule has 1 atom stereocenters. The second kappa shape index (κ2) is 9.62. The summed E-state index contributed by atoms with van der Waals surface area (Å²) < 4.78 is 13.3. The molecule has 4 nitrogen and oxygen atoms in total. The fourth-order valence-corrected chi connectivity index (χ4v) is 3.59. The molecule has 0 spiro atoms. The van der Waals surface area contributed by atoms with Crippen LogP contribution in [0.15, 0.2) is 48.5 Å². The normalized spacial score (nSPS) is 17.6. The Labute approximate surface area is 160 Å². The van der Waals surface area contributed by atoms with Crippen LogP contribution in [0.1, 0.15) is 29.6 Å². The van der Waals surface area contributed by atoms with Crippen LogP contribution < -0.4 is 5.32 Å². The number of piperidine rings is 1. The third-order valence-corrected chi connectivity index (χ3v) is 5.10. The topological polar surface area (TPSA) is 52.6 Å². The number of benzene rings is 2. The molecular weight excluding hydrogens is 343 g/mol. The Bertz CT molecular complexity index is 748. The highest BCUT2D eigenvalue weighted by Crippen LogP contribution is 2.20. The molecule has 2 N–H and O–H groups in total. The van der Waals surface area contributed by atoms with Crippen molar-refractivity contribution >= 4 is 5.91 Å². The first-order chi connectivity index (χ1) is 13.2. The Kier molecular flexibility index (Phi) is 6.96. The SMILES string of the molecule is O=C(NCCCN1CCCC(CO)C1)c1ccc(-c2cccc(F)c2)cc1. The molecule has 2 aromatic carbocycles. The third kappa shape index (κ3) is 5.62. The van der Waals surface area contributed by atoms with Gasteiger partial charge in [-0.15, -0.1) is 0 Å². The number of aliphatic hydroxyl groups is 1. The van der Waals surface area contributed by atoms with Gasteiger partial charge in [0.1, 0.15) is 5.82 Å². The van der Waals surface area contributed by atoms with Crippen LogP contribution >= 0.6 is 0 Å². The number of carbonyl (C=O) groups is 1. The molecule has 0 aliphatic carbocycles. The molecule has 0 radical (unpaired) electrons. The van der Waals surface area contributed by atoms with Gasteiger partial charge < -0.3 is 15.3 Å². The number of likely N-dealkylation sites (tertiary alicyclic amines) is 1. The van der Waals surface area contributed by atoms with Gasteiger partial charge in [-0.25, -0.2) is 4.39 Å². The van der Waals surface area contributed by atoms with E-state index in [-0.39, 0.29) is 18.3 Å². The molecule has 1 heterocycles. The number of nitrogens with zero attached hydrogens (tertiary/aromatic N) is 1. The van der Waals surface area contributed by atoms with E-state index in [0.717, 1.165) is 50.0 Å². The van der Waals surface area contributed by atoms with Crippen LogP contribution in [0.2, 0.25) is 0 Å². The average Bonchev–Trinajstić information content (AvgIpc) is 2.71. The van der Waals surface area contributed by atoms with Crippen molar-refractivity contribution in [3.05, 3.63) is 59.9 Å². The lowest BCUT2D eigenvalue weighted by molar-refractivity contribution is 0.0946. The molecule has 3 rings (SSSR count). The zero-order valence-corrected chi connectivity index (χ0v) is 15.5. The molecule has 27 heavy (non-hydrogen) atoms. The van der Waals surface area contributed by atoms with Crippen LogP contribution in [-0.4, -0.2) is 48.7 Å². The summed E-state index contributed by atoms with van der Waals surface area (Å²) in [6.45, 7) is 3.86. The number of nitrogens with one attached hydrogen (secondary N) is 1. The molecule has 1 unspecified atom stereocenters. The van der Waals surface area contributed by atoms with Crippen molar-refractivity contribution in [2.24, 2.45) is 5.92 Å². The summed E-state index contributed by atoms with van der Waals surface area (Å²) in [5, 5.41) is 12.2. The number of hydrogen-bond donors (Lipinski definition) is 2. The van der Waals surface area contributed by atoms with Crippen LogP contribution in [0, 0.1) is 11.7 Å². The quantitative estimate of drug-likeness (QED) is 0.735. The minimum Gasteiger partial charge on any atom is -0.396 e. The Hall–Kier alpha value is -2.24. The smallest absolute Gasteiger partial charge is 0.251 e. The van der Waals surface area contributed by atoms with E-state index in [4.69, 9.17) is 0 Å². The Morgan fingerprint density at radius 2 is 2.00 bits per heavy atom. The Morgan fingerprint density at radius 3 is 2.74 bits per heavy atom. The summed E-state index contributed by atoms with van der Waals surface area (Å²) >= 11 is 0. The number of hydrogen-bond acceptors (Lipinski definition) is 3. The lowest BCUT2D eigenvalue weighted by Crippen LogP contribution is -2.38. The van der Waals surface area contributed by atoms with Gasteiger partial charge in [0.15, 0.2) is 0 Å². The molecule has 5 heteroatoms.